The number of rotatable bonds is 8. The third kappa shape index (κ3) is 6.12. The highest BCUT2D eigenvalue weighted by molar-refractivity contribution is 7.92. The Morgan fingerprint density at radius 2 is 1.36 bits per heavy atom. The van der Waals surface area contributed by atoms with Crippen LogP contribution in [-0.2, 0) is 19.5 Å². The third-order valence-corrected chi connectivity index (χ3v) is 6.49. The van der Waals surface area contributed by atoms with Gasteiger partial charge in [0.25, 0.3) is 15.9 Å². The van der Waals surface area contributed by atoms with Crippen LogP contribution in [0.1, 0.15) is 31.1 Å². The first-order valence-corrected chi connectivity index (χ1v) is 12.0. The Bertz CT molecular complexity index is 1390. The third-order valence-electron chi connectivity index (χ3n) is 4.86. The number of halogens is 1. The SMILES string of the molecule is COC(=O)c1cc(NS(=O)(=O)c2ccc(OC)c(NC(=O)c3ccc(Cl)cc3)c2)cc(C(=O)OC)c1. The minimum atomic E-state index is -4.24. The van der Waals surface area contributed by atoms with E-state index in [9.17, 15) is 22.8 Å². The van der Waals surface area contributed by atoms with Crippen molar-refractivity contribution in [3.8, 4) is 5.75 Å². The first kappa shape index (κ1) is 26.5. The van der Waals surface area contributed by atoms with Crippen LogP contribution in [-0.4, -0.2) is 47.6 Å². The van der Waals surface area contributed by atoms with E-state index in [0.717, 1.165) is 14.2 Å². The first-order chi connectivity index (χ1) is 17.1. The quantitative estimate of drug-likeness (QED) is 0.416. The van der Waals surface area contributed by atoms with Gasteiger partial charge >= 0.3 is 11.9 Å². The second kappa shape index (κ2) is 11.1. The van der Waals surface area contributed by atoms with E-state index in [2.05, 4.69) is 19.5 Å². The zero-order chi connectivity index (χ0) is 26.5. The lowest BCUT2D eigenvalue weighted by Crippen LogP contribution is -2.16. The van der Waals surface area contributed by atoms with E-state index in [-0.39, 0.29) is 33.1 Å². The molecule has 0 spiro atoms. The molecule has 2 N–H and O–H groups in total. The van der Waals surface area contributed by atoms with Gasteiger partial charge in [0.15, 0.2) is 0 Å². The molecular weight excluding hydrogens is 512 g/mol. The van der Waals surface area contributed by atoms with E-state index in [1.807, 2.05) is 0 Å². The number of ether oxygens (including phenoxy) is 3. The second-order valence-electron chi connectivity index (χ2n) is 7.21. The molecule has 0 fully saturated rings. The minimum Gasteiger partial charge on any atom is -0.495 e. The van der Waals surface area contributed by atoms with Gasteiger partial charge in [-0.3, -0.25) is 9.52 Å². The molecule has 0 radical (unpaired) electrons. The molecule has 0 heterocycles. The number of anilines is 2. The molecule has 188 valence electrons. The van der Waals surface area contributed by atoms with Crippen molar-refractivity contribution in [1.29, 1.82) is 0 Å². The Balaban J connectivity index is 1.96. The standard InChI is InChI=1S/C24H21ClN2O8S/c1-33-21-9-8-19(13-20(21)26-22(28)14-4-6-17(25)7-5-14)36(31,32)27-18-11-15(23(29)34-2)10-16(12-18)24(30)35-3/h4-13,27H,1-3H3,(H,26,28). The summed E-state index contributed by atoms with van der Waals surface area (Å²) in [5.74, 6) is -1.85. The molecule has 0 aliphatic carbocycles. The first-order valence-electron chi connectivity index (χ1n) is 10.2. The van der Waals surface area contributed by atoms with Crippen molar-refractivity contribution in [2.75, 3.05) is 31.4 Å². The van der Waals surface area contributed by atoms with Gasteiger partial charge in [0.1, 0.15) is 5.75 Å². The normalized spacial score (nSPS) is 10.8. The van der Waals surface area contributed by atoms with E-state index in [0.29, 0.717) is 10.6 Å². The van der Waals surface area contributed by atoms with E-state index < -0.39 is 27.9 Å². The van der Waals surface area contributed by atoms with Gasteiger partial charge in [0, 0.05) is 10.6 Å². The molecule has 0 unspecified atom stereocenters. The molecular formula is C24H21ClN2O8S. The van der Waals surface area contributed by atoms with Crippen LogP contribution < -0.4 is 14.8 Å². The molecule has 0 aliphatic heterocycles. The summed E-state index contributed by atoms with van der Waals surface area (Å²) >= 11 is 5.86. The fraction of sp³-hybridized carbons (Fsp3) is 0.125. The van der Waals surface area contributed by atoms with Gasteiger partial charge in [-0.1, -0.05) is 11.6 Å². The van der Waals surface area contributed by atoms with E-state index >= 15 is 0 Å². The number of hydrogen-bond acceptors (Lipinski definition) is 8. The van der Waals surface area contributed by atoms with Crippen LogP contribution in [0.3, 0.4) is 0 Å². The molecule has 10 nitrogen and oxygen atoms in total. The number of carbonyl (C=O) groups excluding carboxylic acids is 3. The van der Waals surface area contributed by atoms with Gasteiger partial charge in [-0.25, -0.2) is 18.0 Å². The molecule has 0 aromatic heterocycles. The monoisotopic (exact) mass is 532 g/mol. The Morgan fingerprint density at radius 3 is 1.89 bits per heavy atom. The van der Waals surface area contributed by atoms with Crippen molar-refractivity contribution >= 4 is 50.8 Å². The molecule has 0 atom stereocenters. The van der Waals surface area contributed by atoms with Crippen molar-refractivity contribution < 1.29 is 37.0 Å². The number of benzene rings is 3. The van der Waals surface area contributed by atoms with Crippen LogP contribution >= 0.6 is 11.6 Å². The highest BCUT2D eigenvalue weighted by Crippen LogP contribution is 2.29. The minimum absolute atomic E-state index is 0.0660. The predicted octanol–water partition coefficient (Wildman–Crippen LogP) is 3.97. The Labute approximate surface area is 212 Å². The van der Waals surface area contributed by atoms with Gasteiger partial charge in [0.05, 0.1) is 48.7 Å². The zero-order valence-electron chi connectivity index (χ0n) is 19.3. The number of hydrogen-bond donors (Lipinski definition) is 2. The van der Waals surface area contributed by atoms with Crippen molar-refractivity contribution in [3.05, 3.63) is 82.4 Å². The molecule has 36 heavy (non-hydrogen) atoms. The summed E-state index contributed by atoms with van der Waals surface area (Å²) in [5, 5.41) is 3.07. The van der Waals surface area contributed by atoms with Gasteiger partial charge < -0.3 is 19.5 Å². The zero-order valence-corrected chi connectivity index (χ0v) is 20.9. The van der Waals surface area contributed by atoms with E-state index in [1.165, 1.54) is 55.6 Å². The number of nitrogens with one attached hydrogen (secondary N) is 2. The molecule has 3 aromatic rings. The maximum Gasteiger partial charge on any atom is 0.337 e. The largest absolute Gasteiger partial charge is 0.495 e. The summed E-state index contributed by atoms with van der Waals surface area (Å²) in [7, 11) is -0.582. The number of esters is 2. The molecule has 0 bridgehead atoms. The molecule has 0 saturated heterocycles. The van der Waals surface area contributed by atoms with Gasteiger partial charge in [0.2, 0.25) is 0 Å². The summed E-state index contributed by atoms with van der Waals surface area (Å²) in [6.45, 7) is 0. The van der Waals surface area contributed by atoms with Crippen LogP contribution in [0.2, 0.25) is 5.02 Å². The number of sulfonamides is 1. The molecule has 3 rings (SSSR count). The van der Waals surface area contributed by atoms with Crippen LogP contribution in [0.5, 0.6) is 5.75 Å². The van der Waals surface area contributed by atoms with E-state index in [4.69, 9.17) is 16.3 Å². The number of carbonyl (C=O) groups is 3. The molecule has 1 amide bonds. The maximum atomic E-state index is 13.1. The molecule has 3 aromatic carbocycles. The lowest BCUT2D eigenvalue weighted by atomic mass is 10.1. The fourth-order valence-electron chi connectivity index (χ4n) is 3.12. The topological polar surface area (TPSA) is 137 Å². The van der Waals surface area contributed by atoms with Crippen LogP contribution in [0.4, 0.5) is 11.4 Å². The highest BCUT2D eigenvalue weighted by atomic mass is 35.5. The summed E-state index contributed by atoms with van der Waals surface area (Å²) in [6.07, 6.45) is 0. The van der Waals surface area contributed by atoms with E-state index in [1.54, 1.807) is 12.1 Å². The summed E-state index contributed by atoms with van der Waals surface area (Å²) < 4.78 is 43.2. The summed E-state index contributed by atoms with van der Waals surface area (Å²) in [5.41, 5.74) is 0.176. The average Bonchev–Trinajstić information content (AvgIpc) is 2.87. The Morgan fingerprint density at radius 1 is 0.778 bits per heavy atom. The second-order valence-corrected chi connectivity index (χ2v) is 9.33. The van der Waals surface area contributed by atoms with Crippen LogP contribution in [0, 0.1) is 0 Å². The predicted molar refractivity (Wildman–Crippen MR) is 132 cm³/mol. The maximum absolute atomic E-state index is 13.1. The van der Waals surface area contributed by atoms with Crippen molar-refractivity contribution in [2.24, 2.45) is 0 Å². The van der Waals surface area contributed by atoms with Gasteiger partial charge in [-0.2, -0.15) is 0 Å². The number of amides is 1. The molecule has 0 saturated carbocycles. The van der Waals surface area contributed by atoms with Crippen molar-refractivity contribution in [1.82, 2.24) is 0 Å². The lowest BCUT2D eigenvalue weighted by molar-refractivity contribution is 0.0599. The fourth-order valence-corrected chi connectivity index (χ4v) is 4.31. The van der Waals surface area contributed by atoms with Gasteiger partial charge in [-0.05, 0) is 60.7 Å². The molecule has 0 aliphatic rings. The van der Waals surface area contributed by atoms with Gasteiger partial charge in [-0.15, -0.1) is 0 Å². The number of methoxy groups -OCH3 is 3. The Kier molecular flexibility index (Phi) is 8.18. The van der Waals surface area contributed by atoms with Crippen LogP contribution in [0.25, 0.3) is 0 Å². The Hall–Kier alpha value is -4.09. The summed E-state index contributed by atoms with van der Waals surface area (Å²) in [6, 6.07) is 13.6. The van der Waals surface area contributed by atoms with Crippen LogP contribution in [0.15, 0.2) is 65.6 Å². The highest BCUT2D eigenvalue weighted by Gasteiger charge is 2.21. The van der Waals surface area contributed by atoms with Crippen molar-refractivity contribution in [2.45, 2.75) is 4.90 Å². The van der Waals surface area contributed by atoms with Crippen molar-refractivity contribution in [3.63, 3.8) is 0 Å². The lowest BCUT2D eigenvalue weighted by Gasteiger charge is -2.14. The summed E-state index contributed by atoms with van der Waals surface area (Å²) in [4.78, 5) is 36.4. The molecule has 12 heteroatoms. The average molecular weight is 533 g/mol. The smallest absolute Gasteiger partial charge is 0.337 e.